The third-order valence-corrected chi connectivity index (χ3v) is 5.44. The van der Waals surface area contributed by atoms with E-state index in [1.807, 2.05) is 6.92 Å². The summed E-state index contributed by atoms with van der Waals surface area (Å²) in [5, 5.41) is 10.1. The van der Waals surface area contributed by atoms with Gasteiger partial charge in [0.25, 0.3) is 0 Å². The molecule has 0 radical (unpaired) electrons. The molecule has 2 heterocycles. The maximum atomic E-state index is 12.1. The first-order valence-electron chi connectivity index (χ1n) is 8.48. The second kappa shape index (κ2) is 7.53. The first kappa shape index (κ1) is 16.6. The number of thioether (sulfide) groups is 1. The summed E-state index contributed by atoms with van der Waals surface area (Å²) >= 11 is 1.32. The van der Waals surface area contributed by atoms with E-state index in [-0.39, 0.29) is 17.6 Å². The second-order valence-corrected chi connectivity index (χ2v) is 7.30. The molecule has 1 aromatic rings. The van der Waals surface area contributed by atoms with Crippen LogP contribution in [0.2, 0.25) is 0 Å². The summed E-state index contributed by atoms with van der Waals surface area (Å²) in [7, 11) is 0. The zero-order chi connectivity index (χ0) is 16.2. The van der Waals surface area contributed by atoms with Gasteiger partial charge < -0.3 is 10.2 Å². The number of nitrogens with zero attached hydrogens (tertiary/aromatic N) is 3. The van der Waals surface area contributed by atoms with Gasteiger partial charge in [0.05, 0.1) is 5.75 Å². The third-order valence-electron chi connectivity index (χ3n) is 4.46. The lowest BCUT2D eigenvalue weighted by atomic mass is 10.1. The highest BCUT2D eigenvalue weighted by molar-refractivity contribution is 7.99. The number of carbonyl (C=O) groups excluding carboxylic acids is 1. The SMILES string of the molecule is CCCn1c(SCC(=O)NC2CCN(C3CC3)CC2)n[nH]c1=O. The molecular weight excluding hydrogens is 314 g/mol. The molecule has 2 N–H and O–H groups in total. The van der Waals surface area contributed by atoms with Gasteiger partial charge in [-0.2, -0.15) is 0 Å². The first-order chi connectivity index (χ1) is 11.2. The third kappa shape index (κ3) is 4.38. The van der Waals surface area contributed by atoms with Crippen LogP contribution in [-0.2, 0) is 11.3 Å². The van der Waals surface area contributed by atoms with E-state index in [4.69, 9.17) is 0 Å². The van der Waals surface area contributed by atoms with E-state index in [9.17, 15) is 9.59 Å². The highest BCUT2D eigenvalue weighted by Gasteiger charge is 2.32. The summed E-state index contributed by atoms with van der Waals surface area (Å²) in [4.78, 5) is 26.3. The largest absolute Gasteiger partial charge is 0.353 e. The Morgan fingerprint density at radius 2 is 2.09 bits per heavy atom. The Hall–Kier alpha value is -1.28. The number of likely N-dealkylation sites (tertiary alicyclic amines) is 1. The molecule has 0 unspecified atom stereocenters. The van der Waals surface area contributed by atoms with Gasteiger partial charge in [-0.3, -0.25) is 9.36 Å². The van der Waals surface area contributed by atoms with Crippen molar-refractivity contribution in [2.45, 2.75) is 62.8 Å². The number of amides is 1. The van der Waals surface area contributed by atoms with Gasteiger partial charge in [-0.25, -0.2) is 9.89 Å². The van der Waals surface area contributed by atoms with Gasteiger partial charge in [0.2, 0.25) is 5.91 Å². The average Bonchev–Trinajstić information content (AvgIpc) is 3.33. The predicted octanol–water partition coefficient (Wildman–Crippen LogP) is 0.816. The minimum atomic E-state index is -0.206. The number of H-pyrrole nitrogens is 1. The van der Waals surface area contributed by atoms with Gasteiger partial charge in [-0.1, -0.05) is 18.7 Å². The Morgan fingerprint density at radius 1 is 1.35 bits per heavy atom. The molecule has 1 aromatic heterocycles. The summed E-state index contributed by atoms with van der Waals surface area (Å²) in [6, 6.07) is 1.10. The molecule has 0 aromatic carbocycles. The molecule has 7 nitrogen and oxygen atoms in total. The van der Waals surface area contributed by atoms with Gasteiger partial charge >= 0.3 is 5.69 Å². The molecule has 23 heavy (non-hydrogen) atoms. The Labute approximate surface area is 140 Å². The Morgan fingerprint density at radius 3 is 2.74 bits per heavy atom. The zero-order valence-electron chi connectivity index (χ0n) is 13.6. The van der Waals surface area contributed by atoms with Crippen LogP contribution >= 0.6 is 11.8 Å². The van der Waals surface area contributed by atoms with Crippen molar-refractivity contribution in [2.75, 3.05) is 18.8 Å². The highest BCUT2D eigenvalue weighted by Crippen LogP contribution is 2.29. The van der Waals surface area contributed by atoms with Gasteiger partial charge in [-0.15, -0.1) is 5.10 Å². The van der Waals surface area contributed by atoms with E-state index >= 15 is 0 Å². The molecule has 1 saturated heterocycles. The van der Waals surface area contributed by atoms with Crippen LogP contribution in [0.4, 0.5) is 0 Å². The fourth-order valence-corrected chi connectivity index (χ4v) is 3.87. The minimum absolute atomic E-state index is 0.0263. The number of piperidine rings is 1. The summed E-state index contributed by atoms with van der Waals surface area (Å²) in [6.45, 7) is 4.82. The number of hydrogen-bond donors (Lipinski definition) is 2. The van der Waals surface area contributed by atoms with Crippen LogP contribution in [0.5, 0.6) is 0 Å². The quantitative estimate of drug-likeness (QED) is 0.719. The number of aromatic amines is 1. The molecule has 2 aliphatic rings. The van der Waals surface area contributed by atoms with E-state index in [1.165, 1.54) is 24.6 Å². The number of rotatable bonds is 7. The predicted molar refractivity (Wildman–Crippen MR) is 89.6 cm³/mol. The summed E-state index contributed by atoms with van der Waals surface area (Å²) < 4.78 is 1.59. The second-order valence-electron chi connectivity index (χ2n) is 6.36. The van der Waals surface area contributed by atoms with E-state index in [2.05, 4.69) is 20.4 Å². The molecule has 1 amide bonds. The topological polar surface area (TPSA) is 83.0 Å². The highest BCUT2D eigenvalue weighted by atomic mass is 32.2. The molecular formula is C15H25N5O2S. The van der Waals surface area contributed by atoms with E-state index < -0.39 is 0 Å². The Bertz CT molecular complexity index is 587. The molecule has 8 heteroatoms. The maximum absolute atomic E-state index is 12.1. The lowest BCUT2D eigenvalue weighted by molar-refractivity contribution is -0.119. The zero-order valence-corrected chi connectivity index (χ0v) is 14.4. The standard InChI is InChI=1S/C15H25N5O2S/c1-2-7-20-14(22)17-18-15(20)23-10-13(21)16-11-5-8-19(9-6-11)12-3-4-12/h11-12H,2-10H2,1H3,(H,16,21)(H,17,22). The fraction of sp³-hybridized carbons (Fsp3) is 0.800. The number of nitrogens with one attached hydrogen (secondary N) is 2. The van der Waals surface area contributed by atoms with Crippen LogP contribution in [0, 0.1) is 0 Å². The molecule has 0 spiro atoms. The summed E-state index contributed by atoms with van der Waals surface area (Å²) in [5.74, 6) is 0.329. The van der Waals surface area contributed by atoms with Crippen molar-refractivity contribution in [3.8, 4) is 0 Å². The van der Waals surface area contributed by atoms with Crippen LogP contribution < -0.4 is 11.0 Å². The smallest absolute Gasteiger partial charge is 0.343 e. The summed E-state index contributed by atoms with van der Waals surface area (Å²) in [6.07, 6.45) is 5.62. The Balaban J connectivity index is 1.42. The van der Waals surface area contributed by atoms with Gasteiger partial charge in [0.15, 0.2) is 5.16 Å². The first-order valence-corrected chi connectivity index (χ1v) is 9.47. The monoisotopic (exact) mass is 339 g/mol. The van der Waals surface area contributed by atoms with Crippen molar-refractivity contribution >= 4 is 17.7 Å². The Kier molecular flexibility index (Phi) is 5.42. The van der Waals surface area contributed by atoms with E-state index in [1.54, 1.807) is 4.57 Å². The van der Waals surface area contributed by atoms with Crippen LogP contribution in [0.3, 0.4) is 0 Å². The van der Waals surface area contributed by atoms with Crippen molar-refractivity contribution in [1.82, 2.24) is 25.0 Å². The molecule has 1 aliphatic carbocycles. The normalized spacial score (nSPS) is 19.9. The number of carbonyl (C=O) groups is 1. The van der Waals surface area contributed by atoms with Gasteiger partial charge in [-0.05, 0) is 32.1 Å². The number of aromatic nitrogens is 3. The van der Waals surface area contributed by atoms with Crippen molar-refractivity contribution < 1.29 is 4.79 Å². The van der Waals surface area contributed by atoms with E-state index in [0.29, 0.717) is 17.5 Å². The van der Waals surface area contributed by atoms with Crippen LogP contribution in [0.1, 0.15) is 39.0 Å². The van der Waals surface area contributed by atoms with Crippen LogP contribution in [0.15, 0.2) is 9.95 Å². The van der Waals surface area contributed by atoms with Gasteiger partial charge in [0, 0.05) is 31.7 Å². The lowest BCUT2D eigenvalue weighted by Crippen LogP contribution is -2.45. The number of hydrogen-bond acceptors (Lipinski definition) is 5. The molecule has 2 fully saturated rings. The van der Waals surface area contributed by atoms with Crippen molar-refractivity contribution in [3.05, 3.63) is 10.5 Å². The minimum Gasteiger partial charge on any atom is -0.353 e. The molecule has 0 bridgehead atoms. The van der Waals surface area contributed by atoms with Crippen molar-refractivity contribution in [1.29, 1.82) is 0 Å². The van der Waals surface area contributed by atoms with Crippen molar-refractivity contribution in [2.24, 2.45) is 0 Å². The van der Waals surface area contributed by atoms with Crippen molar-refractivity contribution in [3.63, 3.8) is 0 Å². The molecule has 3 rings (SSSR count). The molecule has 128 valence electrons. The summed E-state index contributed by atoms with van der Waals surface area (Å²) in [5.41, 5.74) is -0.206. The average molecular weight is 339 g/mol. The van der Waals surface area contributed by atoms with Gasteiger partial charge in [0.1, 0.15) is 0 Å². The molecule has 0 atom stereocenters. The van der Waals surface area contributed by atoms with Crippen LogP contribution in [0.25, 0.3) is 0 Å². The molecule has 1 aliphatic heterocycles. The lowest BCUT2D eigenvalue weighted by Gasteiger charge is -2.32. The van der Waals surface area contributed by atoms with Crippen LogP contribution in [-0.4, -0.2) is 56.5 Å². The van der Waals surface area contributed by atoms with E-state index in [0.717, 1.165) is 38.4 Å². The molecule has 1 saturated carbocycles. The fourth-order valence-electron chi connectivity index (χ4n) is 3.08. The maximum Gasteiger partial charge on any atom is 0.343 e.